The summed E-state index contributed by atoms with van der Waals surface area (Å²) in [7, 11) is 1.64. The summed E-state index contributed by atoms with van der Waals surface area (Å²) in [6, 6.07) is 15.7. The molecule has 1 unspecified atom stereocenters. The first-order valence-corrected chi connectivity index (χ1v) is 11.6. The van der Waals surface area contributed by atoms with E-state index in [0.29, 0.717) is 22.7 Å². The predicted octanol–water partition coefficient (Wildman–Crippen LogP) is 4.89. The standard InChI is InChI=1S/C25H25NO6S/c1-4-30-25(28)32-23-15(2)26-19-13-31-24(27)22(19)21(23)18-7-5-6-8-20(18)33-14-16-9-11-17(29-3)12-10-16/h5-12,21,26H,4,13-14H2,1-3H3. The molecule has 8 heteroatoms. The molecule has 0 radical (unpaired) electrons. The van der Waals surface area contributed by atoms with Crippen molar-refractivity contribution in [1.29, 1.82) is 0 Å². The molecule has 2 aliphatic rings. The lowest BCUT2D eigenvalue weighted by atomic mass is 9.85. The van der Waals surface area contributed by atoms with Crippen molar-refractivity contribution >= 4 is 23.9 Å². The summed E-state index contributed by atoms with van der Waals surface area (Å²) in [5, 5.41) is 3.16. The highest BCUT2D eigenvalue weighted by atomic mass is 32.2. The van der Waals surface area contributed by atoms with E-state index in [1.165, 1.54) is 0 Å². The Kier molecular flexibility index (Phi) is 6.93. The number of nitrogens with one attached hydrogen (secondary N) is 1. The first kappa shape index (κ1) is 22.8. The van der Waals surface area contributed by atoms with Crippen LogP contribution in [-0.2, 0) is 24.8 Å². The van der Waals surface area contributed by atoms with Gasteiger partial charge in [-0.2, -0.15) is 0 Å². The van der Waals surface area contributed by atoms with Crippen LogP contribution in [0.1, 0.15) is 30.9 Å². The molecule has 1 N–H and O–H groups in total. The molecular formula is C25H25NO6S. The number of hydrogen-bond donors (Lipinski definition) is 1. The van der Waals surface area contributed by atoms with Gasteiger partial charge in [0.2, 0.25) is 0 Å². The molecule has 33 heavy (non-hydrogen) atoms. The highest BCUT2D eigenvalue weighted by Crippen LogP contribution is 2.44. The zero-order valence-electron chi connectivity index (χ0n) is 18.7. The topological polar surface area (TPSA) is 83.1 Å². The van der Waals surface area contributed by atoms with Crippen molar-refractivity contribution < 1.29 is 28.5 Å². The molecular weight excluding hydrogens is 442 g/mol. The number of thioether (sulfide) groups is 1. The van der Waals surface area contributed by atoms with Crippen molar-refractivity contribution in [2.45, 2.75) is 30.4 Å². The van der Waals surface area contributed by atoms with Crippen LogP contribution in [-0.4, -0.2) is 32.4 Å². The molecule has 0 saturated heterocycles. The number of carbonyl (C=O) groups is 2. The van der Waals surface area contributed by atoms with Gasteiger partial charge in [0.05, 0.1) is 36.6 Å². The van der Waals surface area contributed by atoms with Crippen LogP contribution < -0.4 is 10.1 Å². The Morgan fingerprint density at radius 3 is 2.67 bits per heavy atom. The smallest absolute Gasteiger partial charge is 0.497 e. The van der Waals surface area contributed by atoms with Crippen LogP contribution in [0.15, 0.2) is 76.2 Å². The number of hydrogen-bond acceptors (Lipinski definition) is 8. The maximum absolute atomic E-state index is 12.7. The molecule has 7 nitrogen and oxygen atoms in total. The van der Waals surface area contributed by atoms with E-state index in [2.05, 4.69) is 5.32 Å². The van der Waals surface area contributed by atoms with Crippen LogP contribution in [0.3, 0.4) is 0 Å². The lowest BCUT2D eigenvalue weighted by molar-refractivity contribution is -0.136. The fourth-order valence-electron chi connectivity index (χ4n) is 3.85. The number of ether oxygens (including phenoxy) is 4. The molecule has 2 heterocycles. The van der Waals surface area contributed by atoms with Gasteiger partial charge < -0.3 is 24.3 Å². The summed E-state index contributed by atoms with van der Waals surface area (Å²) in [4.78, 5) is 25.9. The summed E-state index contributed by atoms with van der Waals surface area (Å²) in [6.45, 7) is 3.86. The van der Waals surface area contributed by atoms with Crippen molar-refractivity contribution in [2.24, 2.45) is 0 Å². The van der Waals surface area contributed by atoms with Crippen molar-refractivity contribution in [3.63, 3.8) is 0 Å². The number of allylic oxidation sites excluding steroid dienone is 2. The van der Waals surface area contributed by atoms with Crippen molar-refractivity contribution in [2.75, 3.05) is 20.3 Å². The second-order valence-corrected chi connectivity index (χ2v) is 8.49. The Hall–Kier alpha value is -3.39. The third-order valence-electron chi connectivity index (χ3n) is 5.39. The average molecular weight is 468 g/mol. The molecule has 0 aromatic heterocycles. The first-order valence-electron chi connectivity index (χ1n) is 10.6. The molecule has 1 atom stereocenters. The number of carbonyl (C=O) groups excluding carboxylic acids is 2. The number of methoxy groups -OCH3 is 1. The Morgan fingerprint density at radius 1 is 1.18 bits per heavy atom. The quantitative estimate of drug-likeness (QED) is 0.455. The van der Waals surface area contributed by atoms with Crippen LogP contribution in [0.5, 0.6) is 5.75 Å². The van der Waals surface area contributed by atoms with E-state index in [9.17, 15) is 9.59 Å². The Morgan fingerprint density at radius 2 is 1.94 bits per heavy atom. The first-order chi connectivity index (χ1) is 16.0. The van der Waals surface area contributed by atoms with E-state index in [0.717, 1.165) is 27.5 Å². The third-order valence-corrected chi connectivity index (χ3v) is 6.55. The predicted molar refractivity (Wildman–Crippen MR) is 124 cm³/mol. The minimum Gasteiger partial charge on any atom is -0.497 e. The number of dihydropyridines is 1. The normalized spacial score (nSPS) is 17.3. The van der Waals surface area contributed by atoms with Crippen LogP contribution in [0, 0.1) is 0 Å². The van der Waals surface area contributed by atoms with Gasteiger partial charge in [0.15, 0.2) is 0 Å². The van der Waals surface area contributed by atoms with Gasteiger partial charge in [-0.1, -0.05) is 30.3 Å². The zero-order chi connectivity index (χ0) is 23.4. The molecule has 4 rings (SSSR count). The molecule has 0 fully saturated rings. The van der Waals surface area contributed by atoms with E-state index in [1.54, 1.807) is 32.7 Å². The number of esters is 1. The molecule has 2 aliphatic heterocycles. The molecule has 0 saturated carbocycles. The van der Waals surface area contributed by atoms with Gasteiger partial charge in [-0.25, -0.2) is 9.59 Å². The van der Waals surface area contributed by atoms with E-state index < -0.39 is 18.0 Å². The van der Waals surface area contributed by atoms with E-state index in [-0.39, 0.29) is 13.2 Å². The van der Waals surface area contributed by atoms with Crippen LogP contribution in [0.2, 0.25) is 0 Å². The second-order valence-electron chi connectivity index (χ2n) is 7.48. The molecule has 2 aromatic carbocycles. The third kappa shape index (κ3) is 4.85. The van der Waals surface area contributed by atoms with E-state index in [1.807, 2.05) is 48.5 Å². The Balaban J connectivity index is 1.68. The van der Waals surface area contributed by atoms with Gasteiger partial charge in [-0.05, 0) is 43.2 Å². The van der Waals surface area contributed by atoms with Gasteiger partial charge in [0.25, 0.3) is 0 Å². The molecule has 0 amide bonds. The number of cyclic esters (lactones) is 1. The molecule has 0 spiro atoms. The van der Waals surface area contributed by atoms with Crippen molar-refractivity contribution in [1.82, 2.24) is 5.32 Å². The highest BCUT2D eigenvalue weighted by Gasteiger charge is 2.41. The van der Waals surface area contributed by atoms with Crippen LogP contribution in [0.4, 0.5) is 4.79 Å². The summed E-state index contributed by atoms with van der Waals surface area (Å²) < 4.78 is 21.1. The fourth-order valence-corrected chi connectivity index (χ4v) is 4.89. The monoisotopic (exact) mass is 467 g/mol. The SMILES string of the molecule is CCOC(=O)OC1=C(C)NC2=C(C(=O)OC2)C1c1ccccc1SCc1ccc(OC)cc1. The summed E-state index contributed by atoms with van der Waals surface area (Å²) in [5.41, 5.74) is 3.78. The summed E-state index contributed by atoms with van der Waals surface area (Å²) >= 11 is 1.64. The average Bonchev–Trinajstić information content (AvgIpc) is 3.19. The summed E-state index contributed by atoms with van der Waals surface area (Å²) in [5.74, 6) is 0.858. The summed E-state index contributed by atoms with van der Waals surface area (Å²) in [6.07, 6.45) is -0.808. The van der Waals surface area contributed by atoms with Crippen LogP contribution >= 0.6 is 11.8 Å². The maximum Gasteiger partial charge on any atom is 0.513 e. The van der Waals surface area contributed by atoms with Gasteiger partial charge in [-0.3, -0.25) is 0 Å². The largest absolute Gasteiger partial charge is 0.513 e. The lowest BCUT2D eigenvalue weighted by Gasteiger charge is -2.28. The highest BCUT2D eigenvalue weighted by molar-refractivity contribution is 7.98. The Labute approximate surface area is 196 Å². The van der Waals surface area contributed by atoms with Gasteiger partial charge in [-0.15, -0.1) is 11.8 Å². The molecule has 0 bridgehead atoms. The lowest BCUT2D eigenvalue weighted by Crippen LogP contribution is -2.28. The second kappa shape index (κ2) is 10.0. The zero-order valence-corrected chi connectivity index (χ0v) is 19.5. The Bertz CT molecular complexity index is 1120. The van der Waals surface area contributed by atoms with Crippen molar-refractivity contribution in [3.05, 3.63) is 82.4 Å². The number of benzene rings is 2. The van der Waals surface area contributed by atoms with Gasteiger partial charge in [0.1, 0.15) is 18.1 Å². The number of rotatable bonds is 7. The maximum atomic E-state index is 12.7. The van der Waals surface area contributed by atoms with Gasteiger partial charge in [0, 0.05) is 10.6 Å². The van der Waals surface area contributed by atoms with Crippen LogP contribution in [0.25, 0.3) is 0 Å². The molecule has 2 aromatic rings. The fraction of sp³-hybridized carbons (Fsp3) is 0.280. The van der Waals surface area contributed by atoms with E-state index in [4.69, 9.17) is 18.9 Å². The molecule has 0 aliphatic carbocycles. The minimum absolute atomic E-state index is 0.163. The minimum atomic E-state index is -0.808. The van der Waals surface area contributed by atoms with Crippen molar-refractivity contribution in [3.8, 4) is 5.75 Å². The van der Waals surface area contributed by atoms with E-state index >= 15 is 0 Å². The molecule has 172 valence electrons. The van der Waals surface area contributed by atoms with Gasteiger partial charge >= 0.3 is 12.1 Å².